The van der Waals surface area contributed by atoms with E-state index in [2.05, 4.69) is 10.5 Å². The van der Waals surface area contributed by atoms with Gasteiger partial charge in [0.25, 0.3) is 11.6 Å². The number of para-hydroxylation sites is 3. The second kappa shape index (κ2) is 7.43. The van der Waals surface area contributed by atoms with Crippen LogP contribution in [0.4, 0.5) is 11.4 Å². The zero-order valence-corrected chi connectivity index (χ0v) is 13.4. The van der Waals surface area contributed by atoms with Gasteiger partial charge in [-0.1, -0.05) is 29.4 Å². The number of anilines is 1. The third kappa shape index (κ3) is 3.83. The summed E-state index contributed by atoms with van der Waals surface area (Å²) in [6.45, 7) is -0.569. The van der Waals surface area contributed by atoms with Crippen molar-refractivity contribution >= 4 is 34.2 Å². The number of esters is 1. The Morgan fingerprint density at radius 1 is 1.15 bits per heavy atom. The number of nitro groups is 1. The zero-order valence-electron chi connectivity index (χ0n) is 13.4. The Morgan fingerprint density at radius 3 is 2.69 bits per heavy atom. The summed E-state index contributed by atoms with van der Waals surface area (Å²) in [6.07, 6.45) is -0.157. The number of amides is 1. The molecule has 0 unspecified atom stereocenters. The van der Waals surface area contributed by atoms with Crippen LogP contribution in [0.25, 0.3) is 11.0 Å². The molecule has 0 radical (unpaired) electrons. The second-order valence-electron chi connectivity index (χ2n) is 5.29. The molecule has 1 aromatic heterocycles. The monoisotopic (exact) mass is 355 g/mol. The number of benzene rings is 2. The molecule has 0 aliphatic heterocycles. The van der Waals surface area contributed by atoms with Crippen LogP contribution < -0.4 is 5.32 Å². The highest BCUT2D eigenvalue weighted by Crippen LogP contribution is 2.23. The number of carbonyl (C=O) groups is 2. The van der Waals surface area contributed by atoms with Crippen LogP contribution in [-0.2, 0) is 20.7 Å². The van der Waals surface area contributed by atoms with Crippen molar-refractivity contribution < 1.29 is 23.8 Å². The number of fused-ring (bicyclic) bond motifs is 1. The molecule has 9 nitrogen and oxygen atoms in total. The minimum atomic E-state index is -0.683. The molecule has 1 heterocycles. The molecule has 1 N–H and O–H groups in total. The minimum absolute atomic E-state index is 0.0287. The number of rotatable bonds is 6. The van der Waals surface area contributed by atoms with Crippen molar-refractivity contribution in [3.8, 4) is 0 Å². The molecule has 0 spiro atoms. The normalized spacial score (nSPS) is 10.5. The van der Waals surface area contributed by atoms with Gasteiger partial charge in [0.2, 0.25) is 0 Å². The molecule has 26 heavy (non-hydrogen) atoms. The number of hydrogen-bond donors (Lipinski definition) is 1. The van der Waals surface area contributed by atoms with Crippen LogP contribution in [0, 0.1) is 10.1 Å². The Balaban J connectivity index is 1.56. The van der Waals surface area contributed by atoms with Gasteiger partial charge in [0.15, 0.2) is 12.2 Å². The van der Waals surface area contributed by atoms with E-state index >= 15 is 0 Å². The van der Waals surface area contributed by atoms with E-state index in [0.29, 0.717) is 16.7 Å². The molecule has 3 rings (SSSR count). The number of aromatic nitrogens is 1. The molecular weight excluding hydrogens is 342 g/mol. The molecule has 3 aromatic rings. The summed E-state index contributed by atoms with van der Waals surface area (Å²) < 4.78 is 9.99. The van der Waals surface area contributed by atoms with Crippen LogP contribution in [0.15, 0.2) is 53.1 Å². The number of carbonyl (C=O) groups excluding carboxylic acids is 2. The van der Waals surface area contributed by atoms with Crippen LogP contribution >= 0.6 is 0 Å². The van der Waals surface area contributed by atoms with E-state index in [1.165, 1.54) is 18.2 Å². The van der Waals surface area contributed by atoms with E-state index in [1.54, 1.807) is 30.3 Å². The van der Waals surface area contributed by atoms with Gasteiger partial charge in [-0.3, -0.25) is 19.7 Å². The van der Waals surface area contributed by atoms with Crippen LogP contribution in [0.5, 0.6) is 0 Å². The van der Waals surface area contributed by atoms with Gasteiger partial charge < -0.3 is 14.6 Å². The Morgan fingerprint density at radius 2 is 1.88 bits per heavy atom. The van der Waals surface area contributed by atoms with Gasteiger partial charge in [0.1, 0.15) is 11.4 Å². The molecule has 2 aromatic carbocycles. The number of nitrogens with zero attached hydrogens (tertiary/aromatic N) is 2. The average Bonchev–Trinajstić information content (AvgIpc) is 3.03. The molecule has 132 valence electrons. The van der Waals surface area contributed by atoms with Crippen molar-refractivity contribution in [2.24, 2.45) is 0 Å². The largest absolute Gasteiger partial charge is 0.455 e. The van der Waals surface area contributed by atoms with Gasteiger partial charge in [-0.15, -0.1) is 0 Å². The first kappa shape index (κ1) is 17.1. The fourth-order valence-corrected chi connectivity index (χ4v) is 2.32. The molecule has 1 amide bonds. The van der Waals surface area contributed by atoms with Gasteiger partial charge in [0.05, 0.1) is 11.3 Å². The topological polar surface area (TPSA) is 125 Å². The second-order valence-corrected chi connectivity index (χ2v) is 5.29. The summed E-state index contributed by atoms with van der Waals surface area (Å²) in [5.74, 6) is -1.35. The van der Waals surface area contributed by atoms with Gasteiger partial charge >= 0.3 is 5.97 Å². The van der Waals surface area contributed by atoms with Gasteiger partial charge in [-0.25, -0.2) is 0 Å². The highest BCUT2D eigenvalue weighted by atomic mass is 16.6. The third-order valence-corrected chi connectivity index (χ3v) is 3.50. The number of ether oxygens (including phenoxy) is 1. The zero-order chi connectivity index (χ0) is 18.5. The predicted molar refractivity (Wildman–Crippen MR) is 90.4 cm³/mol. The van der Waals surface area contributed by atoms with Crippen LogP contribution in [0.1, 0.15) is 5.69 Å². The Hall–Kier alpha value is -3.75. The van der Waals surface area contributed by atoms with Crippen molar-refractivity contribution in [1.82, 2.24) is 5.16 Å². The van der Waals surface area contributed by atoms with E-state index in [1.807, 2.05) is 0 Å². The molecule has 0 saturated carbocycles. The molecule has 0 bridgehead atoms. The molecular formula is C17H13N3O6. The van der Waals surface area contributed by atoms with E-state index in [4.69, 9.17) is 9.26 Å². The maximum Gasteiger partial charge on any atom is 0.312 e. The number of hydrogen-bond acceptors (Lipinski definition) is 7. The first-order valence-electron chi connectivity index (χ1n) is 7.57. The Kier molecular flexibility index (Phi) is 4.88. The summed E-state index contributed by atoms with van der Waals surface area (Å²) in [6, 6.07) is 12.7. The first-order chi connectivity index (χ1) is 12.5. The van der Waals surface area contributed by atoms with Crippen LogP contribution in [0.3, 0.4) is 0 Å². The number of nitro benzene ring substituents is 1. The van der Waals surface area contributed by atoms with Crippen molar-refractivity contribution in [3.63, 3.8) is 0 Å². The fourth-order valence-electron chi connectivity index (χ4n) is 2.32. The molecule has 0 saturated heterocycles. The summed E-state index contributed by atoms with van der Waals surface area (Å²) in [5, 5.41) is 17.7. The molecule has 9 heteroatoms. The van der Waals surface area contributed by atoms with Gasteiger partial charge in [0, 0.05) is 11.5 Å². The maximum absolute atomic E-state index is 11.9. The lowest BCUT2D eigenvalue weighted by atomic mass is 10.2. The maximum atomic E-state index is 11.9. The van der Waals surface area contributed by atoms with E-state index < -0.39 is 23.4 Å². The predicted octanol–water partition coefficient (Wildman–Crippen LogP) is 2.46. The van der Waals surface area contributed by atoms with Crippen LogP contribution in [0.2, 0.25) is 0 Å². The molecule has 0 fully saturated rings. The fraction of sp³-hybridized carbons (Fsp3) is 0.118. The van der Waals surface area contributed by atoms with Gasteiger partial charge in [-0.2, -0.15) is 0 Å². The molecule has 0 aliphatic rings. The minimum Gasteiger partial charge on any atom is -0.455 e. The van der Waals surface area contributed by atoms with Crippen molar-refractivity contribution in [1.29, 1.82) is 0 Å². The summed E-state index contributed by atoms with van der Waals surface area (Å²) in [7, 11) is 0. The SMILES string of the molecule is O=C(COC(=O)Cc1noc2ccccc12)Nc1ccccc1[N+](=O)[O-]. The smallest absolute Gasteiger partial charge is 0.312 e. The highest BCUT2D eigenvalue weighted by Gasteiger charge is 2.17. The quantitative estimate of drug-likeness (QED) is 0.409. The lowest BCUT2D eigenvalue weighted by molar-refractivity contribution is -0.383. The highest BCUT2D eigenvalue weighted by molar-refractivity contribution is 5.95. The summed E-state index contributed by atoms with van der Waals surface area (Å²) >= 11 is 0. The van der Waals surface area contributed by atoms with E-state index in [-0.39, 0.29) is 17.8 Å². The van der Waals surface area contributed by atoms with Crippen molar-refractivity contribution in [2.75, 3.05) is 11.9 Å². The van der Waals surface area contributed by atoms with E-state index in [9.17, 15) is 19.7 Å². The summed E-state index contributed by atoms with van der Waals surface area (Å²) in [5.41, 5.74) is 0.733. The van der Waals surface area contributed by atoms with E-state index in [0.717, 1.165) is 0 Å². The summed E-state index contributed by atoms with van der Waals surface area (Å²) in [4.78, 5) is 34.0. The lowest BCUT2D eigenvalue weighted by Crippen LogP contribution is -2.22. The van der Waals surface area contributed by atoms with Crippen LogP contribution in [-0.4, -0.2) is 28.6 Å². The van der Waals surface area contributed by atoms with Gasteiger partial charge in [-0.05, 0) is 18.2 Å². The third-order valence-electron chi connectivity index (χ3n) is 3.50. The van der Waals surface area contributed by atoms with Crippen molar-refractivity contribution in [3.05, 3.63) is 64.3 Å². The lowest BCUT2D eigenvalue weighted by Gasteiger charge is -2.06. The average molecular weight is 355 g/mol. The van der Waals surface area contributed by atoms with Crippen molar-refractivity contribution in [2.45, 2.75) is 6.42 Å². The standard InChI is InChI=1S/C17H13N3O6/c21-16(18-12-6-2-3-7-14(12)20(23)24)10-25-17(22)9-13-11-5-1-4-8-15(11)26-19-13/h1-8H,9-10H2,(H,18,21). The Labute approximate surface area is 146 Å². The molecule has 0 atom stereocenters. The Bertz CT molecular complexity index is 981. The number of nitrogens with one attached hydrogen (secondary N) is 1. The molecule has 0 aliphatic carbocycles. The first-order valence-corrected chi connectivity index (χ1v) is 7.57.